The molecule has 0 aliphatic carbocycles. The van der Waals surface area contributed by atoms with Gasteiger partial charge in [-0.15, -0.1) is 0 Å². The van der Waals surface area contributed by atoms with Crippen LogP contribution in [0.15, 0.2) is 30.3 Å². The summed E-state index contributed by atoms with van der Waals surface area (Å²) in [4.78, 5) is 0. The van der Waals surface area contributed by atoms with E-state index in [4.69, 9.17) is 52.1 Å². The molecule has 100 valence electrons. The van der Waals surface area contributed by atoms with Gasteiger partial charge < -0.3 is 5.73 Å². The fourth-order valence-electron chi connectivity index (χ4n) is 1.87. The Bertz CT molecular complexity index is 611. The number of nitrogens with two attached hydrogens (primary N) is 1. The fraction of sp³-hybridized carbons (Fsp3) is 0.143. The summed E-state index contributed by atoms with van der Waals surface area (Å²) in [6.07, 6.45) is 0.714. The third kappa shape index (κ3) is 3.18. The van der Waals surface area contributed by atoms with E-state index in [1.807, 2.05) is 18.2 Å². The topological polar surface area (TPSA) is 26.0 Å². The van der Waals surface area contributed by atoms with Crippen molar-refractivity contribution < 1.29 is 0 Å². The Kier molecular flexibility index (Phi) is 4.99. The maximum atomic E-state index is 6.40. The van der Waals surface area contributed by atoms with E-state index in [0.717, 1.165) is 16.7 Å². The zero-order chi connectivity index (χ0) is 14.0. The van der Waals surface area contributed by atoms with E-state index in [1.54, 1.807) is 12.1 Å². The second-order valence-corrected chi connectivity index (χ2v) is 5.66. The predicted molar refractivity (Wildman–Crippen MR) is 84.7 cm³/mol. The van der Waals surface area contributed by atoms with Crippen LogP contribution >= 0.6 is 46.4 Å². The molecule has 0 saturated heterocycles. The molecule has 2 rings (SSSR count). The van der Waals surface area contributed by atoms with Crippen molar-refractivity contribution in [3.63, 3.8) is 0 Å². The zero-order valence-corrected chi connectivity index (χ0v) is 12.9. The van der Waals surface area contributed by atoms with E-state index in [1.165, 1.54) is 0 Å². The zero-order valence-electron chi connectivity index (χ0n) is 9.89. The van der Waals surface area contributed by atoms with E-state index in [9.17, 15) is 0 Å². The molecule has 0 amide bonds. The molecule has 0 aromatic heterocycles. The Labute approximate surface area is 132 Å². The van der Waals surface area contributed by atoms with Crippen molar-refractivity contribution in [2.24, 2.45) is 5.73 Å². The second kappa shape index (κ2) is 6.34. The SMILES string of the molecule is NCCc1cccc(-c2cc(Cl)c(Cl)cc2Cl)c1Cl. The summed E-state index contributed by atoms with van der Waals surface area (Å²) in [5.41, 5.74) is 8.15. The van der Waals surface area contributed by atoms with Crippen LogP contribution in [0.5, 0.6) is 0 Å². The lowest BCUT2D eigenvalue weighted by Crippen LogP contribution is -2.03. The molecule has 2 aromatic rings. The molecule has 2 aromatic carbocycles. The van der Waals surface area contributed by atoms with Gasteiger partial charge >= 0.3 is 0 Å². The molecule has 0 bridgehead atoms. The van der Waals surface area contributed by atoms with Gasteiger partial charge in [-0.25, -0.2) is 0 Å². The summed E-state index contributed by atoms with van der Waals surface area (Å²) in [6, 6.07) is 9.11. The van der Waals surface area contributed by atoms with Crippen LogP contribution in [0, 0.1) is 0 Å². The first-order valence-electron chi connectivity index (χ1n) is 5.67. The number of halogens is 4. The first kappa shape index (κ1) is 15.0. The normalized spacial score (nSPS) is 10.8. The molecule has 0 atom stereocenters. The average molecular weight is 335 g/mol. The van der Waals surface area contributed by atoms with Crippen molar-refractivity contribution in [2.75, 3.05) is 6.54 Å². The molecular formula is C14H11Cl4N. The van der Waals surface area contributed by atoms with Crippen molar-refractivity contribution >= 4 is 46.4 Å². The van der Waals surface area contributed by atoms with Gasteiger partial charge in [0.1, 0.15) is 0 Å². The first-order valence-corrected chi connectivity index (χ1v) is 7.18. The Hall–Kier alpha value is -0.440. The molecule has 0 heterocycles. The molecule has 2 N–H and O–H groups in total. The summed E-state index contributed by atoms with van der Waals surface area (Å²) < 4.78 is 0. The van der Waals surface area contributed by atoms with Gasteiger partial charge in [-0.3, -0.25) is 0 Å². The maximum Gasteiger partial charge on any atom is 0.0607 e. The summed E-state index contributed by atoms with van der Waals surface area (Å²) in [7, 11) is 0. The van der Waals surface area contributed by atoms with Crippen molar-refractivity contribution in [2.45, 2.75) is 6.42 Å². The van der Waals surface area contributed by atoms with E-state index < -0.39 is 0 Å². The quantitative estimate of drug-likeness (QED) is 0.740. The molecule has 0 saturated carbocycles. The van der Waals surface area contributed by atoms with Crippen molar-refractivity contribution in [1.29, 1.82) is 0 Å². The third-order valence-electron chi connectivity index (χ3n) is 2.79. The molecule has 0 unspecified atom stereocenters. The molecule has 0 aliphatic rings. The summed E-state index contributed by atoms with van der Waals surface area (Å²) in [5.74, 6) is 0. The van der Waals surface area contributed by atoms with Gasteiger partial charge in [0.2, 0.25) is 0 Å². The standard InChI is InChI=1S/C14H11Cl4N/c15-11-7-13(17)12(16)6-10(11)9-3-1-2-8(4-5-19)14(9)18/h1-3,6-7H,4-5,19H2. The van der Waals surface area contributed by atoms with Gasteiger partial charge in [0.25, 0.3) is 0 Å². The van der Waals surface area contributed by atoms with Gasteiger partial charge in [-0.05, 0) is 30.7 Å². The highest BCUT2D eigenvalue weighted by molar-refractivity contribution is 6.44. The molecule has 0 spiro atoms. The van der Waals surface area contributed by atoms with Crippen LogP contribution in [0.3, 0.4) is 0 Å². The maximum absolute atomic E-state index is 6.40. The third-order valence-corrected chi connectivity index (χ3v) is 4.27. The van der Waals surface area contributed by atoms with Crippen LogP contribution in [0.2, 0.25) is 20.1 Å². The van der Waals surface area contributed by atoms with Gasteiger partial charge in [-0.1, -0.05) is 64.6 Å². The molecule has 0 radical (unpaired) electrons. The number of hydrogen-bond acceptors (Lipinski definition) is 1. The predicted octanol–water partition coefficient (Wildman–Crippen LogP) is 5.47. The van der Waals surface area contributed by atoms with Gasteiger partial charge in [0.15, 0.2) is 0 Å². The molecule has 5 heteroatoms. The number of rotatable bonds is 3. The summed E-state index contributed by atoms with van der Waals surface area (Å²) in [5, 5.41) is 2.03. The van der Waals surface area contributed by atoms with Crippen LogP contribution < -0.4 is 5.73 Å². The minimum atomic E-state index is 0.421. The lowest BCUT2D eigenvalue weighted by Gasteiger charge is -2.11. The summed E-state index contributed by atoms with van der Waals surface area (Å²) in [6.45, 7) is 0.540. The van der Waals surface area contributed by atoms with Gasteiger partial charge in [0.05, 0.1) is 20.1 Å². The minimum Gasteiger partial charge on any atom is -0.330 e. The van der Waals surface area contributed by atoms with E-state index >= 15 is 0 Å². The highest BCUT2D eigenvalue weighted by Crippen LogP contribution is 2.39. The van der Waals surface area contributed by atoms with Crippen LogP contribution in [0.4, 0.5) is 0 Å². The molecular weight excluding hydrogens is 324 g/mol. The van der Waals surface area contributed by atoms with Crippen LogP contribution in [0.1, 0.15) is 5.56 Å². The van der Waals surface area contributed by atoms with Crippen molar-refractivity contribution in [3.8, 4) is 11.1 Å². The van der Waals surface area contributed by atoms with E-state index in [2.05, 4.69) is 0 Å². The average Bonchev–Trinajstić information content (AvgIpc) is 2.37. The van der Waals surface area contributed by atoms with Crippen LogP contribution in [-0.4, -0.2) is 6.54 Å². The smallest absolute Gasteiger partial charge is 0.0607 e. The Balaban J connectivity index is 2.59. The lowest BCUT2D eigenvalue weighted by atomic mass is 10.0. The molecule has 1 nitrogen and oxygen atoms in total. The second-order valence-electron chi connectivity index (χ2n) is 4.06. The van der Waals surface area contributed by atoms with E-state index in [-0.39, 0.29) is 0 Å². The van der Waals surface area contributed by atoms with Gasteiger partial charge in [0, 0.05) is 11.1 Å². The monoisotopic (exact) mass is 333 g/mol. The van der Waals surface area contributed by atoms with Crippen LogP contribution in [-0.2, 0) is 6.42 Å². The Morgan fingerprint density at radius 2 is 1.53 bits per heavy atom. The van der Waals surface area contributed by atoms with Crippen molar-refractivity contribution in [1.82, 2.24) is 0 Å². The Morgan fingerprint density at radius 1 is 0.842 bits per heavy atom. The first-order chi connectivity index (χ1) is 9.04. The van der Waals surface area contributed by atoms with E-state index in [0.29, 0.717) is 33.1 Å². The lowest BCUT2D eigenvalue weighted by molar-refractivity contribution is 0.969. The highest BCUT2D eigenvalue weighted by Gasteiger charge is 2.13. The largest absolute Gasteiger partial charge is 0.330 e. The number of benzene rings is 2. The summed E-state index contributed by atoms with van der Waals surface area (Å²) >= 11 is 24.6. The fourth-order valence-corrected chi connectivity index (χ4v) is 2.84. The highest BCUT2D eigenvalue weighted by atomic mass is 35.5. The molecule has 0 aliphatic heterocycles. The van der Waals surface area contributed by atoms with Crippen molar-refractivity contribution in [3.05, 3.63) is 56.0 Å². The number of hydrogen-bond donors (Lipinski definition) is 1. The van der Waals surface area contributed by atoms with Gasteiger partial charge in [-0.2, -0.15) is 0 Å². The molecule has 19 heavy (non-hydrogen) atoms. The van der Waals surface area contributed by atoms with Crippen LogP contribution in [0.25, 0.3) is 11.1 Å². The minimum absolute atomic E-state index is 0.421. The molecule has 0 fully saturated rings. The Morgan fingerprint density at radius 3 is 2.21 bits per heavy atom.